The molecular formula is C19H24N2O2S. The second-order valence-corrected chi connectivity index (χ2v) is 8.45. The van der Waals surface area contributed by atoms with Crippen molar-refractivity contribution >= 4 is 29.3 Å². The Balaban J connectivity index is 1.40. The quantitative estimate of drug-likeness (QED) is 0.913. The minimum Gasteiger partial charge on any atom is -0.352 e. The summed E-state index contributed by atoms with van der Waals surface area (Å²) in [4.78, 5) is 27.5. The van der Waals surface area contributed by atoms with Crippen molar-refractivity contribution in [3.63, 3.8) is 0 Å². The zero-order valence-electron chi connectivity index (χ0n) is 14.0. The number of nitrogens with zero attached hydrogens (tertiary/aromatic N) is 1. The number of hydrogen-bond donors (Lipinski definition) is 1. The first-order valence-electron chi connectivity index (χ1n) is 8.93. The largest absolute Gasteiger partial charge is 0.352 e. The average Bonchev–Trinajstić information content (AvgIpc) is 3.20. The van der Waals surface area contributed by atoms with E-state index in [2.05, 4.69) is 12.2 Å². The van der Waals surface area contributed by atoms with E-state index in [1.807, 2.05) is 24.3 Å². The highest BCUT2D eigenvalue weighted by Gasteiger charge is 2.42. The molecule has 0 radical (unpaired) electrons. The van der Waals surface area contributed by atoms with E-state index in [1.165, 1.54) is 25.7 Å². The van der Waals surface area contributed by atoms with Crippen molar-refractivity contribution < 1.29 is 9.59 Å². The first-order chi connectivity index (χ1) is 11.6. The molecule has 1 aromatic rings. The third kappa shape index (κ3) is 2.94. The molecule has 1 aromatic carbocycles. The van der Waals surface area contributed by atoms with Crippen LogP contribution in [0.1, 0.15) is 32.6 Å². The van der Waals surface area contributed by atoms with Gasteiger partial charge in [0.1, 0.15) is 6.54 Å². The molecule has 4 atom stereocenters. The van der Waals surface area contributed by atoms with E-state index in [0.29, 0.717) is 11.7 Å². The van der Waals surface area contributed by atoms with Gasteiger partial charge in [0.2, 0.25) is 11.8 Å². The lowest BCUT2D eigenvalue weighted by Crippen LogP contribution is -2.47. The molecule has 128 valence electrons. The zero-order chi connectivity index (χ0) is 16.7. The SMILES string of the molecule is CC(NC(=O)CN1C(=O)CSc2ccccc21)C1CC2CCC1C2. The fourth-order valence-corrected chi connectivity index (χ4v) is 5.72. The number of anilines is 1. The predicted octanol–water partition coefficient (Wildman–Crippen LogP) is 3.07. The summed E-state index contributed by atoms with van der Waals surface area (Å²) in [6.07, 6.45) is 5.30. The molecule has 2 amide bonds. The van der Waals surface area contributed by atoms with Crippen molar-refractivity contribution in [1.82, 2.24) is 5.32 Å². The number of hydrogen-bond acceptors (Lipinski definition) is 3. The van der Waals surface area contributed by atoms with Gasteiger partial charge in [-0.15, -0.1) is 11.8 Å². The molecule has 0 aromatic heterocycles. The number of amides is 2. The fraction of sp³-hybridized carbons (Fsp3) is 0.579. The standard InChI is InChI=1S/C19H24N2O2S/c1-12(15-9-13-6-7-14(15)8-13)20-18(22)10-21-16-4-2-3-5-17(16)24-11-19(21)23/h2-5,12-15H,6-11H2,1H3,(H,20,22). The Bertz CT molecular complexity index is 663. The number of rotatable bonds is 4. The second-order valence-electron chi connectivity index (χ2n) is 7.43. The first kappa shape index (κ1) is 16.0. The molecular weight excluding hydrogens is 320 g/mol. The van der Waals surface area contributed by atoms with Crippen LogP contribution in [0.25, 0.3) is 0 Å². The monoisotopic (exact) mass is 344 g/mol. The third-order valence-corrected chi connectivity index (χ3v) is 6.98. The zero-order valence-corrected chi connectivity index (χ0v) is 14.8. The van der Waals surface area contributed by atoms with Crippen molar-refractivity contribution in [2.45, 2.75) is 43.5 Å². The second kappa shape index (κ2) is 6.43. The predicted molar refractivity (Wildman–Crippen MR) is 96.1 cm³/mol. The number of para-hydroxylation sites is 1. The Hall–Kier alpha value is -1.49. The van der Waals surface area contributed by atoms with Crippen molar-refractivity contribution in [3.05, 3.63) is 24.3 Å². The van der Waals surface area contributed by atoms with E-state index >= 15 is 0 Å². The van der Waals surface area contributed by atoms with Gasteiger partial charge in [0.25, 0.3) is 0 Å². The average molecular weight is 344 g/mol. The van der Waals surface area contributed by atoms with E-state index in [9.17, 15) is 9.59 Å². The van der Waals surface area contributed by atoms with Crippen LogP contribution < -0.4 is 10.2 Å². The summed E-state index contributed by atoms with van der Waals surface area (Å²) in [7, 11) is 0. The lowest BCUT2D eigenvalue weighted by molar-refractivity contribution is -0.123. The molecule has 3 aliphatic rings. The maximum absolute atomic E-state index is 12.5. The van der Waals surface area contributed by atoms with Crippen LogP contribution in [0.4, 0.5) is 5.69 Å². The number of carbonyl (C=O) groups is 2. The maximum atomic E-state index is 12.5. The summed E-state index contributed by atoms with van der Waals surface area (Å²) in [5.41, 5.74) is 0.862. The van der Waals surface area contributed by atoms with Crippen molar-refractivity contribution in [2.75, 3.05) is 17.2 Å². The van der Waals surface area contributed by atoms with Gasteiger partial charge in [0.15, 0.2) is 0 Å². The minimum absolute atomic E-state index is 0.0152. The summed E-state index contributed by atoms with van der Waals surface area (Å²) in [5.74, 6) is 2.67. The number of fused-ring (bicyclic) bond motifs is 3. The summed E-state index contributed by atoms with van der Waals surface area (Å²) in [6, 6.07) is 8.02. The van der Waals surface area contributed by atoms with E-state index in [1.54, 1.807) is 16.7 Å². The first-order valence-corrected chi connectivity index (χ1v) is 9.92. The van der Waals surface area contributed by atoms with E-state index in [0.717, 1.165) is 22.4 Å². The smallest absolute Gasteiger partial charge is 0.240 e. The van der Waals surface area contributed by atoms with Gasteiger partial charge in [0, 0.05) is 10.9 Å². The highest BCUT2D eigenvalue weighted by atomic mass is 32.2. The maximum Gasteiger partial charge on any atom is 0.240 e. The highest BCUT2D eigenvalue weighted by Crippen LogP contribution is 2.49. The number of benzene rings is 1. The van der Waals surface area contributed by atoms with Gasteiger partial charge in [-0.1, -0.05) is 18.6 Å². The van der Waals surface area contributed by atoms with Crippen LogP contribution in [0, 0.1) is 17.8 Å². The molecule has 4 nitrogen and oxygen atoms in total. The Morgan fingerprint density at radius 1 is 1.33 bits per heavy atom. The van der Waals surface area contributed by atoms with Crippen LogP contribution >= 0.6 is 11.8 Å². The molecule has 0 spiro atoms. The third-order valence-electron chi connectivity index (χ3n) is 5.93. The summed E-state index contributed by atoms with van der Waals surface area (Å²) in [5, 5.41) is 3.17. The van der Waals surface area contributed by atoms with Crippen LogP contribution in [0.15, 0.2) is 29.2 Å². The number of nitrogens with one attached hydrogen (secondary N) is 1. The van der Waals surface area contributed by atoms with Gasteiger partial charge in [-0.25, -0.2) is 0 Å². The van der Waals surface area contributed by atoms with Gasteiger partial charge in [-0.2, -0.15) is 0 Å². The van der Waals surface area contributed by atoms with Crippen LogP contribution in [0.3, 0.4) is 0 Å². The topological polar surface area (TPSA) is 49.4 Å². The molecule has 0 saturated heterocycles. The molecule has 2 bridgehead atoms. The Labute approximate surface area is 147 Å². The molecule has 4 rings (SSSR count). The molecule has 4 unspecified atom stereocenters. The lowest BCUT2D eigenvalue weighted by Gasteiger charge is -2.31. The Morgan fingerprint density at radius 2 is 2.17 bits per heavy atom. The Morgan fingerprint density at radius 3 is 2.92 bits per heavy atom. The van der Waals surface area contributed by atoms with Crippen molar-refractivity contribution in [2.24, 2.45) is 17.8 Å². The molecule has 1 heterocycles. The van der Waals surface area contributed by atoms with E-state index in [-0.39, 0.29) is 24.4 Å². The summed E-state index contributed by atoms with van der Waals surface area (Å²) >= 11 is 1.55. The van der Waals surface area contributed by atoms with Crippen LogP contribution in [-0.2, 0) is 9.59 Å². The number of carbonyl (C=O) groups excluding carboxylic acids is 2. The van der Waals surface area contributed by atoms with E-state index < -0.39 is 0 Å². The number of thioether (sulfide) groups is 1. The minimum atomic E-state index is -0.0414. The van der Waals surface area contributed by atoms with Gasteiger partial charge in [-0.05, 0) is 56.1 Å². The summed E-state index contributed by atoms with van der Waals surface area (Å²) in [6.45, 7) is 2.26. The highest BCUT2D eigenvalue weighted by molar-refractivity contribution is 8.00. The summed E-state index contributed by atoms with van der Waals surface area (Å²) < 4.78 is 0. The van der Waals surface area contributed by atoms with E-state index in [4.69, 9.17) is 0 Å². The van der Waals surface area contributed by atoms with Crippen molar-refractivity contribution in [1.29, 1.82) is 0 Å². The van der Waals surface area contributed by atoms with Gasteiger partial charge in [-0.3, -0.25) is 9.59 Å². The Kier molecular flexibility index (Phi) is 4.29. The molecule has 24 heavy (non-hydrogen) atoms. The van der Waals surface area contributed by atoms with Crippen LogP contribution in [0.5, 0.6) is 0 Å². The molecule has 2 saturated carbocycles. The van der Waals surface area contributed by atoms with Crippen molar-refractivity contribution in [3.8, 4) is 0 Å². The van der Waals surface area contributed by atoms with Gasteiger partial charge < -0.3 is 10.2 Å². The molecule has 5 heteroatoms. The molecule has 2 aliphatic carbocycles. The normalized spacial score (nSPS) is 29.5. The van der Waals surface area contributed by atoms with Gasteiger partial charge >= 0.3 is 0 Å². The molecule has 2 fully saturated rings. The molecule has 1 N–H and O–H groups in total. The van der Waals surface area contributed by atoms with Crippen LogP contribution in [0.2, 0.25) is 0 Å². The molecule has 1 aliphatic heterocycles. The lowest BCUT2D eigenvalue weighted by atomic mass is 9.84. The van der Waals surface area contributed by atoms with Gasteiger partial charge in [0.05, 0.1) is 11.4 Å². The van der Waals surface area contributed by atoms with Crippen LogP contribution in [-0.4, -0.2) is 30.2 Å². The fourth-order valence-electron chi connectivity index (χ4n) is 4.78.